The highest BCUT2D eigenvalue weighted by Gasteiger charge is 2.23. The van der Waals surface area contributed by atoms with Gasteiger partial charge < -0.3 is 19.9 Å². The Balaban J connectivity index is 2.00. The fourth-order valence-electron chi connectivity index (χ4n) is 3.38. The molecule has 0 spiro atoms. The van der Waals surface area contributed by atoms with Gasteiger partial charge in [0.25, 0.3) is 0 Å². The molecule has 2 unspecified atom stereocenters. The lowest BCUT2D eigenvalue weighted by molar-refractivity contribution is 0.106. The molecule has 2 N–H and O–H groups in total. The topological polar surface area (TPSA) is 50.7 Å². The molecule has 1 saturated carbocycles. The maximum Gasteiger partial charge on any atom is 0.161 e. The zero-order valence-electron chi connectivity index (χ0n) is 14.2. The Bertz CT molecular complexity index is 483. The van der Waals surface area contributed by atoms with Crippen LogP contribution in [0.3, 0.4) is 0 Å². The van der Waals surface area contributed by atoms with E-state index in [-0.39, 0.29) is 12.1 Å². The van der Waals surface area contributed by atoms with Gasteiger partial charge in [-0.05, 0) is 55.9 Å². The first kappa shape index (κ1) is 17.1. The number of rotatable bonds is 7. The summed E-state index contributed by atoms with van der Waals surface area (Å²) < 4.78 is 10.7. The van der Waals surface area contributed by atoms with E-state index in [0.29, 0.717) is 12.5 Å². The summed E-state index contributed by atoms with van der Waals surface area (Å²) >= 11 is 0. The van der Waals surface area contributed by atoms with Gasteiger partial charge in [0.15, 0.2) is 11.5 Å². The molecule has 1 fully saturated rings. The van der Waals surface area contributed by atoms with E-state index in [4.69, 9.17) is 9.47 Å². The monoisotopic (exact) mass is 307 g/mol. The molecular formula is C18H29NO3. The number of hydrogen-bond acceptors (Lipinski definition) is 4. The molecule has 2 atom stereocenters. The lowest BCUT2D eigenvalue weighted by atomic mass is 9.98. The molecule has 124 valence electrons. The maximum absolute atomic E-state index is 10.3. The van der Waals surface area contributed by atoms with Crippen LogP contribution in [0.5, 0.6) is 11.5 Å². The molecule has 0 aromatic heterocycles. The van der Waals surface area contributed by atoms with Crippen LogP contribution in [-0.4, -0.2) is 32.0 Å². The van der Waals surface area contributed by atoms with Gasteiger partial charge >= 0.3 is 0 Å². The van der Waals surface area contributed by atoms with Crippen LogP contribution in [0.1, 0.15) is 49.8 Å². The summed E-state index contributed by atoms with van der Waals surface area (Å²) in [5, 5.41) is 13.7. The molecule has 0 aliphatic heterocycles. The van der Waals surface area contributed by atoms with Gasteiger partial charge in [-0.1, -0.05) is 12.8 Å². The van der Waals surface area contributed by atoms with Crippen LogP contribution < -0.4 is 14.8 Å². The number of aryl methyl sites for hydroxylation is 1. The molecule has 4 nitrogen and oxygen atoms in total. The van der Waals surface area contributed by atoms with Gasteiger partial charge in [-0.2, -0.15) is 0 Å². The van der Waals surface area contributed by atoms with E-state index in [1.165, 1.54) is 18.4 Å². The first-order valence-electron chi connectivity index (χ1n) is 8.20. The van der Waals surface area contributed by atoms with Crippen molar-refractivity contribution < 1.29 is 14.6 Å². The minimum absolute atomic E-state index is 0.163. The number of methoxy groups -OCH3 is 2. The third-order valence-electron chi connectivity index (χ3n) is 4.82. The Kier molecular flexibility index (Phi) is 6.09. The van der Waals surface area contributed by atoms with Crippen molar-refractivity contribution in [2.75, 3.05) is 20.8 Å². The zero-order chi connectivity index (χ0) is 16.1. The van der Waals surface area contributed by atoms with E-state index in [9.17, 15) is 5.11 Å². The van der Waals surface area contributed by atoms with Crippen LogP contribution >= 0.6 is 0 Å². The predicted molar refractivity (Wildman–Crippen MR) is 88.7 cm³/mol. The Morgan fingerprint density at radius 1 is 1.18 bits per heavy atom. The van der Waals surface area contributed by atoms with Gasteiger partial charge in [0.05, 0.1) is 20.3 Å². The van der Waals surface area contributed by atoms with Crippen LogP contribution in [0.2, 0.25) is 0 Å². The van der Waals surface area contributed by atoms with E-state index >= 15 is 0 Å². The Morgan fingerprint density at radius 2 is 1.77 bits per heavy atom. The van der Waals surface area contributed by atoms with E-state index in [1.807, 2.05) is 12.1 Å². The molecule has 1 aliphatic carbocycles. The molecule has 0 saturated heterocycles. The Labute approximate surface area is 133 Å². The molecular weight excluding hydrogens is 278 g/mol. The van der Waals surface area contributed by atoms with Gasteiger partial charge in [0, 0.05) is 12.6 Å². The highest BCUT2D eigenvalue weighted by atomic mass is 16.5. The van der Waals surface area contributed by atoms with Crippen molar-refractivity contribution in [3.8, 4) is 11.5 Å². The number of aliphatic hydroxyl groups excluding tert-OH is 1. The third-order valence-corrected chi connectivity index (χ3v) is 4.82. The number of aliphatic hydroxyl groups is 1. The zero-order valence-corrected chi connectivity index (χ0v) is 14.2. The van der Waals surface area contributed by atoms with Gasteiger partial charge in [0.2, 0.25) is 0 Å². The summed E-state index contributed by atoms with van der Waals surface area (Å²) in [6.07, 6.45) is 4.59. The van der Waals surface area contributed by atoms with Crippen LogP contribution in [0.25, 0.3) is 0 Å². The highest BCUT2D eigenvalue weighted by Crippen LogP contribution is 2.33. The third kappa shape index (κ3) is 3.93. The quantitative estimate of drug-likeness (QED) is 0.812. The number of hydrogen-bond donors (Lipinski definition) is 2. The second-order valence-corrected chi connectivity index (χ2v) is 6.31. The number of nitrogens with one attached hydrogen (secondary N) is 1. The molecule has 0 heterocycles. The fourth-order valence-corrected chi connectivity index (χ4v) is 3.38. The standard InChI is InChI=1S/C18H29NO3/c1-12-9-17(21-3)18(22-4)10-15(12)13(2)19-11-16(20)14-7-5-6-8-14/h9-10,13-14,16,19-20H,5-8,11H2,1-4H3. The molecule has 0 amide bonds. The molecule has 1 aromatic rings. The normalized spacial score (nSPS) is 18.2. The minimum atomic E-state index is -0.245. The van der Waals surface area contributed by atoms with E-state index in [1.54, 1.807) is 14.2 Å². The average molecular weight is 307 g/mol. The highest BCUT2D eigenvalue weighted by molar-refractivity contribution is 5.47. The first-order chi connectivity index (χ1) is 10.6. The molecule has 22 heavy (non-hydrogen) atoms. The lowest BCUT2D eigenvalue weighted by Crippen LogP contribution is -2.33. The van der Waals surface area contributed by atoms with Crippen LogP contribution in [0.15, 0.2) is 12.1 Å². The van der Waals surface area contributed by atoms with Crippen LogP contribution in [0.4, 0.5) is 0 Å². The molecule has 2 rings (SSSR count). The molecule has 0 bridgehead atoms. The summed E-state index contributed by atoms with van der Waals surface area (Å²) in [5.74, 6) is 1.96. The average Bonchev–Trinajstić information content (AvgIpc) is 3.06. The van der Waals surface area contributed by atoms with Gasteiger partial charge in [-0.15, -0.1) is 0 Å². The fraction of sp³-hybridized carbons (Fsp3) is 0.667. The molecule has 4 heteroatoms. The summed E-state index contributed by atoms with van der Waals surface area (Å²) in [7, 11) is 3.30. The Hall–Kier alpha value is -1.26. The van der Waals surface area contributed by atoms with Crippen LogP contribution in [-0.2, 0) is 0 Å². The van der Waals surface area contributed by atoms with Gasteiger partial charge in [-0.3, -0.25) is 0 Å². The predicted octanol–water partition coefficient (Wildman–Crippen LogP) is 3.21. The van der Waals surface area contributed by atoms with E-state index in [0.717, 1.165) is 29.9 Å². The van der Waals surface area contributed by atoms with E-state index < -0.39 is 0 Å². The van der Waals surface area contributed by atoms with Crippen molar-refractivity contribution in [3.05, 3.63) is 23.3 Å². The number of benzene rings is 1. The van der Waals surface area contributed by atoms with Gasteiger partial charge in [0.1, 0.15) is 0 Å². The van der Waals surface area contributed by atoms with Crippen molar-refractivity contribution >= 4 is 0 Å². The lowest BCUT2D eigenvalue weighted by Gasteiger charge is -2.23. The van der Waals surface area contributed by atoms with Gasteiger partial charge in [-0.25, -0.2) is 0 Å². The summed E-state index contributed by atoms with van der Waals surface area (Å²) in [6, 6.07) is 4.18. The summed E-state index contributed by atoms with van der Waals surface area (Å²) in [6.45, 7) is 4.83. The van der Waals surface area contributed by atoms with Crippen LogP contribution in [0, 0.1) is 12.8 Å². The minimum Gasteiger partial charge on any atom is -0.493 e. The maximum atomic E-state index is 10.3. The SMILES string of the molecule is COc1cc(C)c(C(C)NCC(O)C2CCCC2)cc1OC. The number of ether oxygens (including phenoxy) is 2. The van der Waals surface area contributed by atoms with Crippen molar-refractivity contribution in [1.29, 1.82) is 0 Å². The van der Waals surface area contributed by atoms with E-state index in [2.05, 4.69) is 19.2 Å². The first-order valence-corrected chi connectivity index (χ1v) is 8.20. The Morgan fingerprint density at radius 3 is 2.36 bits per heavy atom. The van der Waals surface area contributed by atoms with Crippen molar-refractivity contribution in [3.63, 3.8) is 0 Å². The van der Waals surface area contributed by atoms with Crippen molar-refractivity contribution in [1.82, 2.24) is 5.32 Å². The summed E-state index contributed by atoms with van der Waals surface area (Å²) in [5.41, 5.74) is 2.34. The van der Waals surface area contributed by atoms with Crippen molar-refractivity contribution in [2.24, 2.45) is 5.92 Å². The smallest absolute Gasteiger partial charge is 0.161 e. The van der Waals surface area contributed by atoms with Crippen molar-refractivity contribution in [2.45, 2.75) is 51.7 Å². The second-order valence-electron chi connectivity index (χ2n) is 6.31. The molecule has 1 aliphatic rings. The second kappa shape index (κ2) is 7.84. The molecule has 1 aromatic carbocycles. The summed E-state index contributed by atoms with van der Waals surface area (Å²) in [4.78, 5) is 0. The molecule has 0 radical (unpaired) electrons. The largest absolute Gasteiger partial charge is 0.493 e.